The first-order chi connectivity index (χ1) is 7.77. The highest BCUT2D eigenvalue weighted by atomic mass is 15.1. The van der Waals surface area contributed by atoms with Crippen LogP contribution in [0, 0.1) is 0 Å². The van der Waals surface area contributed by atoms with E-state index < -0.39 is 0 Å². The Balaban J connectivity index is 2.07. The number of hydrogen-bond donors (Lipinski definition) is 1. The highest BCUT2D eigenvalue weighted by Crippen LogP contribution is 2.19. The van der Waals surface area contributed by atoms with Gasteiger partial charge in [-0.1, -0.05) is 12.8 Å². The molecule has 0 spiro atoms. The average molecular weight is 219 g/mol. The molecule has 2 rings (SSSR count). The molecule has 3 nitrogen and oxygen atoms in total. The highest BCUT2D eigenvalue weighted by Gasteiger charge is 2.10. The first-order valence-electron chi connectivity index (χ1n) is 6.24. The van der Waals surface area contributed by atoms with Crippen LogP contribution in [0.25, 0.3) is 0 Å². The Bertz CT molecular complexity index is 310. The Morgan fingerprint density at radius 1 is 1.19 bits per heavy atom. The van der Waals surface area contributed by atoms with Crippen LogP contribution in [-0.4, -0.2) is 18.1 Å². The summed E-state index contributed by atoms with van der Waals surface area (Å²) in [6.45, 7) is 4.30. The first-order valence-corrected chi connectivity index (χ1v) is 6.24. The van der Waals surface area contributed by atoms with Gasteiger partial charge in [-0.2, -0.15) is 0 Å². The molecule has 0 unspecified atom stereocenters. The molecule has 0 aromatic carbocycles. The lowest BCUT2D eigenvalue weighted by atomic mass is 10.2. The fourth-order valence-electron chi connectivity index (χ4n) is 2.18. The van der Waals surface area contributed by atoms with Crippen LogP contribution in [0.15, 0.2) is 18.3 Å². The van der Waals surface area contributed by atoms with E-state index in [4.69, 9.17) is 5.73 Å². The summed E-state index contributed by atoms with van der Waals surface area (Å²) in [6, 6.07) is 4.22. The second kappa shape index (κ2) is 5.30. The molecule has 88 valence electrons. The Morgan fingerprint density at radius 2 is 1.88 bits per heavy atom. The van der Waals surface area contributed by atoms with Crippen LogP contribution in [0.1, 0.15) is 44.3 Å². The number of aromatic nitrogens is 1. The van der Waals surface area contributed by atoms with E-state index in [0.717, 1.165) is 5.69 Å². The van der Waals surface area contributed by atoms with E-state index in [1.54, 1.807) is 0 Å². The summed E-state index contributed by atoms with van der Waals surface area (Å²) < 4.78 is 0. The van der Waals surface area contributed by atoms with E-state index in [-0.39, 0.29) is 6.04 Å². The van der Waals surface area contributed by atoms with Crippen molar-refractivity contribution in [2.75, 3.05) is 18.0 Å². The van der Waals surface area contributed by atoms with E-state index in [1.807, 2.05) is 19.2 Å². The minimum atomic E-state index is 0.0261. The van der Waals surface area contributed by atoms with Crippen LogP contribution >= 0.6 is 0 Å². The summed E-state index contributed by atoms with van der Waals surface area (Å²) in [5, 5.41) is 0. The molecule has 1 atom stereocenters. The summed E-state index contributed by atoms with van der Waals surface area (Å²) in [5.41, 5.74) is 8.00. The van der Waals surface area contributed by atoms with Crippen LogP contribution in [0.5, 0.6) is 0 Å². The minimum Gasteiger partial charge on any atom is -0.370 e. The van der Waals surface area contributed by atoms with E-state index in [1.165, 1.54) is 44.5 Å². The van der Waals surface area contributed by atoms with Gasteiger partial charge in [0.2, 0.25) is 0 Å². The summed E-state index contributed by atoms with van der Waals surface area (Å²) >= 11 is 0. The summed E-state index contributed by atoms with van der Waals surface area (Å²) in [7, 11) is 0. The SMILES string of the molecule is C[C@H](N)c1ccc(N2CCCCCC2)cn1. The van der Waals surface area contributed by atoms with Crippen molar-refractivity contribution in [3.63, 3.8) is 0 Å². The monoisotopic (exact) mass is 219 g/mol. The summed E-state index contributed by atoms with van der Waals surface area (Å²) in [6.07, 6.45) is 7.29. The topological polar surface area (TPSA) is 42.1 Å². The molecule has 0 bridgehead atoms. The number of anilines is 1. The van der Waals surface area contributed by atoms with Gasteiger partial charge >= 0.3 is 0 Å². The Kier molecular flexibility index (Phi) is 3.78. The van der Waals surface area contributed by atoms with Crippen LogP contribution in [0.4, 0.5) is 5.69 Å². The largest absolute Gasteiger partial charge is 0.370 e. The van der Waals surface area contributed by atoms with Gasteiger partial charge in [-0.25, -0.2) is 0 Å². The molecule has 1 aromatic heterocycles. The van der Waals surface area contributed by atoms with Gasteiger partial charge in [0, 0.05) is 19.1 Å². The molecule has 0 amide bonds. The number of pyridine rings is 1. The van der Waals surface area contributed by atoms with Crippen LogP contribution in [-0.2, 0) is 0 Å². The molecular weight excluding hydrogens is 198 g/mol. The van der Waals surface area contributed by atoms with Crippen molar-refractivity contribution in [3.05, 3.63) is 24.0 Å². The number of nitrogens with two attached hydrogens (primary N) is 1. The zero-order valence-electron chi connectivity index (χ0n) is 10.0. The maximum absolute atomic E-state index is 5.79. The summed E-state index contributed by atoms with van der Waals surface area (Å²) in [5.74, 6) is 0. The van der Waals surface area contributed by atoms with Gasteiger partial charge in [-0.15, -0.1) is 0 Å². The molecule has 0 aliphatic carbocycles. The van der Waals surface area contributed by atoms with Crippen molar-refractivity contribution in [1.29, 1.82) is 0 Å². The molecule has 0 radical (unpaired) electrons. The van der Waals surface area contributed by atoms with E-state index in [0.29, 0.717) is 0 Å². The third-order valence-corrected chi connectivity index (χ3v) is 3.21. The van der Waals surface area contributed by atoms with E-state index in [9.17, 15) is 0 Å². The predicted octanol–water partition coefficient (Wildman–Crippen LogP) is 2.48. The third-order valence-electron chi connectivity index (χ3n) is 3.21. The molecule has 1 saturated heterocycles. The number of rotatable bonds is 2. The van der Waals surface area contributed by atoms with Crippen molar-refractivity contribution in [2.24, 2.45) is 5.73 Å². The summed E-state index contributed by atoms with van der Waals surface area (Å²) in [4.78, 5) is 6.85. The molecule has 0 saturated carbocycles. The van der Waals surface area contributed by atoms with Crippen LogP contribution in [0.3, 0.4) is 0 Å². The van der Waals surface area contributed by atoms with Gasteiger partial charge < -0.3 is 10.6 Å². The Labute approximate surface area is 97.7 Å². The molecule has 16 heavy (non-hydrogen) atoms. The van der Waals surface area contributed by atoms with E-state index in [2.05, 4.69) is 16.0 Å². The smallest absolute Gasteiger partial charge is 0.0569 e. The molecular formula is C13H21N3. The van der Waals surface area contributed by atoms with Crippen molar-refractivity contribution in [1.82, 2.24) is 4.98 Å². The fraction of sp³-hybridized carbons (Fsp3) is 0.615. The van der Waals surface area contributed by atoms with Crippen molar-refractivity contribution >= 4 is 5.69 Å². The normalized spacial score (nSPS) is 19.2. The molecule has 2 heterocycles. The van der Waals surface area contributed by atoms with Gasteiger partial charge in [0.05, 0.1) is 17.6 Å². The quantitative estimate of drug-likeness (QED) is 0.831. The van der Waals surface area contributed by atoms with Gasteiger partial charge in [-0.05, 0) is 31.9 Å². The van der Waals surface area contributed by atoms with Gasteiger partial charge in [-0.3, -0.25) is 4.98 Å². The van der Waals surface area contributed by atoms with Crippen molar-refractivity contribution < 1.29 is 0 Å². The van der Waals surface area contributed by atoms with E-state index >= 15 is 0 Å². The van der Waals surface area contributed by atoms with Crippen molar-refractivity contribution in [3.8, 4) is 0 Å². The molecule has 2 N–H and O–H groups in total. The van der Waals surface area contributed by atoms with Crippen molar-refractivity contribution in [2.45, 2.75) is 38.6 Å². The lowest BCUT2D eigenvalue weighted by molar-refractivity contribution is 0.726. The number of hydrogen-bond acceptors (Lipinski definition) is 3. The maximum Gasteiger partial charge on any atom is 0.0569 e. The standard InChI is InChI=1S/C13H21N3/c1-11(14)13-7-6-12(10-15-13)16-8-4-2-3-5-9-16/h6-7,10-11H,2-5,8-9,14H2,1H3/t11-/m0/s1. The minimum absolute atomic E-state index is 0.0261. The first kappa shape index (κ1) is 11.4. The maximum atomic E-state index is 5.79. The molecule has 1 fully saturated rings. The van der Waals surface area contributed by atoms with Crippen LogP contribution in [0.2, 0.25) is 0 Å². The van der Waals surface area contributed by atoms with Crippen LogP contribution < -0.4 is 10.6 Å². The zero-order valence-corrected chi connectivity index (χ0v) is 10.0. The second-order valence-electron chi connectivity index (χ2n) is 4.63. The predicted molar refractivity (Wildman–Crippen MR) is 67.5 cm³/mol. The Hall–Kier alpha value is -1.09. The lowest BCUT2D eigenvalue weighted by Crippen LogP contribution is -2.24. The molecule has 1 aliphatic heterocycles. The van der Waals surface area contributed by atoms with Gasteiger partial charge in [0.15, 0.2) is 0 Å². The average Bonchev–Trinajstić information content (AvgIpc) is 2.57. The zero-order chi connectivity index (χ0) is 11.4. The van der Waals surface area contributed by atoms with Gasteiger partial charge in [0.1, 0.15) is 0 Å². The highest BCUT2D eigenvalue weighted by molar-refractivity contribution is 5.44. The fourth-order valence-corrected chi connectivity index (χ4v) is 2.18. The molecule has 3 heteroatoms. The molecule has 1 aromatic rings. The van der Waals surface area contributed by atoms with Gasteiger partial charge in [0.25, 0.3) is 0 Å². The Morgan fingerprint density at radius 3 is 2.38 bits per heavy atom. The second-order valence-corrected chi connectivity index (χ2v) is 4.63. The number of nitrogens with zero attached hydrogens (tertiary/aromatic N) is 2. The lowest BCUT2D eigenvalue weighted by Gasteiger charge is -2.22. The third kappa shape index (κ3) is 2.73. The molecule has 1 aliphatic rings.